The number of nitrogens with zero attached hydrogens (tertiary/aromatic N) is 2. The molecule has 0 aliphatic heterocycles. The van der Waals surface area contributed by atoms with E-state index in [1.54, 1.807) is 0 Å². The van der Waals surface area contributed by atoms with Crippen LogP contribution in [-0.2, 0) is 0 Å². The van der Waals surface area contributed by atoms with Crippen molar-refractivity contribution >= 4 is 0 Å². The molecule has 0 rings (SSSR count). The van der Waals surface area contributed by atoms with E-state index in [4.69, 9.17) is 0 Å². The number of aliphatic hydroxyl groups is 1. The van der Waals surface area contributed by atoms with E-state index in [1.165, 1.54) is 6.42 Å². The molecule has 0 aliphatic carbocycles. The zero-order chi connectivity index (χ0) is 15.4. The SMILES string of the molecule is CCN(CC)CCCN(CC)CC(O)CNCC(C)C. The molecule has 1 atom stereocenters. The molecule has 122 valence electrons. The second kappa shape index (κ2) is 12.6. The van der Waals surface area contributed by atoms with Gasteiger partial charge in [-0.15, -0.1) is 0 Å². The Kier molecular flexibility index (Phi) is 12.5. The van der Waals surface area contributed by atoms with Gasteiger partial charge in [0.1, 0.15) is 0 Å². The molecular weight excluding hydrogens is 250 g/mol. The molecule has 0 aromatic rings. The molecule has 0 aliphatic rings. The fraction of sp³-hybridized carbons (Fsp3) is 1.00. The minimum atomic E-state index is -0.262. The van der Waals surface area contributed by atoms with Crippen molar-refractivity contribution in [3.8, 4) is 0 Å². The summed E-state index contributed by atoms with van der Waals surface area (Å²) in [5.41, 5.74) is 0. The third-order valence-electron chi connectivity index (χ3n) is 3.69. The summed E-state index contributed by atoms with van der Waals surface area (Å²) in [6.07, 6.45) is 0.920. The van der Waals surface area contributed by atoms with Crippen LogP contribution in [0.5, 0.6) is 0 Å². The van der Waals surface area contributed by atoms with Gasteiger partial charge in [-0.2, -0.15) is 0 Å². The van der Waals surface area contributed by atoms with Crippen molar-refractivity contribution in [1.29, 1.82) is 0 Å². The van der Waals surface area contributed by atoms with E-state index < -0.39 is 0 Å². The van der Waals surface area contributed by atoms with Crippen molar-refractivity contribution in [1.82, 2.24) is 15.1 Å². The van der Waals surface area contributed by atoms with Crippen LogP contribution in [0.2, 0.25) is 0 Å². The number of rotatable bonds is 13. The van der Waals surface area contributed by atoms with Crippen LogP contribution in [-0.4, -0.2) is 73.4 Å². The first-order valence-electron chi connectivity index (χ1n) is 8.36. The van der Waals surface area contributed by atoms with Crippen LogP contribution >= 0.6 is 0 Å². The van der Waals surface area contributed by atoms with Crippen molar-refractivity contribution in [2.24, 2.45) is 5.92 Å². The maximum atomic E-state index is 10.0. The zero-order valence-electron chi connectivity index (χ0n) is 14.4. The molecule has 0 saturated heterocycles. The van der Waals surface area contributed by atoms with Crippen molar-refractivity contribution < 1.29 is 5.11 Å². The highest BCUT2D eigenvalue weighted by atomic mass is 16.3. The molecule has 4 heteroatoms. The summed E-state index contributed by atoms with van der Waals surface area (Å²) in [7, 11) is 0. The van der Waals surface area contributed by atoms with Gasteiger partial charge in [0, 0.05) is 13.1 Å². The highest BCUT2D eigenvalue weighted by molar-refractivity contribution is 4.67. The Labute approximate surface area is 126 Å². The summed E-state index contributed by atoms with van der Waals surface area (Å²) in [5, 5.41) is 13.4. The standard InChI is InChI=1S/C16H37N3O/c1-6-18(7-2)10-9-11-19(8-3)14-16(20)13-17-12-15(4)5/h15-17,20H,6-14H2,1-5H3. The lowest BCUT2D eigenvalue weighted by atomic mass is 10.2. The van der Waals surface area contributed by atoms with E-state index in [2.05, 4.69) is 49.7 Å². The van der Waals surface area contributed by atoms with Crippen LogP contribution in [0, 0.1) is 5.92 Å². The first kappa shape index (κ1) is 19.8. The summed E-state index contributed by atoms with van der Waals surface area (Å²) >= 11 is 0. The molecule has 1 unspecified atom stereocenters. The van der Waals surface area contributed by atoms with Crippen molar-refractivity contribution in [3.05, 3.63) is 0 Å². The second-order valence-corrected chi connectivity index (χ2v) is 5.98. The van der Waals surface area contributed by atoms with Gasteiger partial charge in [-0.25, -0.2) is 0 Å². The van der Waals surface area contributed by atoms with Crippen molar-refractivity contribution in [2.45, 2.75) is 47.1 Å². The Bertz CT molecular complexity index is 208. The summed E-state index contributed by atoms with van der Waals surface area (Å²) in [5.74, 6) is 0.638. The van der Waals surface area contributed by atoms with E-state index in [1.807, 2.05) is 0 Å². The molecule has 0 saturated carbocycles. The van der Waals surface area contributed by atoms with Crippen molar-refractivity contribution in [3.63, 3.8) is 0 Å². The number of aliphatic hydroxyl groups excluding tert-OH is 1. The van der Waals surface area contributed by atoms with Crippen LogP contribution in [0.25, 0.3) is 0 Å². The quantitative estimate of drug-likeness (QED) is 0.540. The first-order valence-corrected chi connectivity index (χ1v) is 8.36. The Hall–Kier alpha value is -0.160. The number of nitrogens with one attached hydrogen (secondary N) is 1. The molecular formula is C16H37N3O. The predicted octanol–water partition coefficient (Wildman–Crippen LogP) is 1.65. The third kappa shape index (κ3) is 10.6. The van der Waals surface area contributed by atoms with Gasteiger partial charge >= 0.3 is 0 Å². The maximum absolute atomic E-state index is 10.0. The summed E-state index contributed by atoms with van der Waals surface area (Å²) < 4.78 is 0. The molecule has 0 bridgehead atoms. The third-order valence-corrected chi connectivity index (χ3v) is 3.69. The van der Waals surface area contributed by atoms with E-state index >= 15 is 0 Å². The fourth-order valence-corrected chi connectivity index (χ4v) is 2.34. The van der Waals surface area contributed by atoms with E-state index in [0.29, 0.717) is 12.5 Å². The molecule has 0 aromatic carbocycles. The van der Waals surface area contributed by atoms with Crippen LogP contribution in [0.15, 0.2) is 0 Å². The van der Waals surface area contributed by atoms with E-state index in [0.717, 1.165) is 45.8 Å². The molecule has 0 amide bonds. The Morgan fingerprint density at radius 3 is 1.95 bits per heavy atom. The van der Waals surface area contributed by atoms with Crippen LogP contribution < -0.4 is 5.32 Å². The Morgan fingerprint density at radius 2 is 1.45 bits per heavy atom. The highest BCUT2D eigenvalue weighted by Gasteiger charge is 2.10. The number of likely N-dealkylation sites (N-methyl/N-ethyl adjacent to an activating group) is 1. The molecule has 0 heterocycles. The van der Waals surface area contributed by atoms with Gasteiger partial charge in [0.25, 0.3) is 0 Å². The van der Waals surface area contributed by atoms with Gasteiger partial charge in [0.15, 0.2) is 0 Å². The summed E-state index contributed by atoms with van der Waals surface area (Å²) in [6.45, 7) is 18.9. The minimum Gasteiger partial charge on any atom is -0.390 e. The maximum Gasteiger partial charge on any atom is 0.0791 e. The lowest BCUT2D eigenvalue weighted by Crippen LogP contribution is -2.40. The van der Waals surface area contributed by atoms with Gasteiger partial charge < -0.3 is 20.2 Å². The monoisotopic (exact) mass is 287 g/mol. The molecule has 0 fully saturated rings. The Balaban J connectivity index is 3.78. The van der Waals surface area contributed by atoms with E-state index in [9.17, 15) is 5.11 Å². The highest BCUT2D eigenvalue weighted by Crippen LogP contribution is 1.98. The van der Waals surface area contributed by atoms with Gasteiger partial charge in [0.2, 0.25) is 0 Å². The van der Waals surface area contributed by atoms with Gasteiger partial charge in [-0.3, -0.25) is 0 Å². The Morgan fingerprint density at radius 1 is 0.900 bits per heavy atom. The fourth-order valence-electron chi connectivity index (χ4n) is 2.34. The number of hydrogen-bond donors (Lipinski definition) is 2. The topological polar surface area (TPSA) is 38.7 Å². The minimum absolute atomic E-state index is 0.262. The summed E-state index contributed by atoms with van der Waals surface area (Å²) in [4.78, 5) is 4.81. The van der Waals surface area contributed by atoms with Gasteiger partial charge in [0.05, 0.1) is 6.10 Å². The average Bonchev–Trinajstić information content (AvgIpc) is 2.41. The van der Waals surface area contributed by atoms with Crippen molar-refractivity contribution in [2.75, 3.05) is 52.4 Å². The predicted molar refractivity (Wildman–Crippen MR) is 88.2 cm³/mol. The van der Waals surface area contributed by atoms with Crippen LogP contribution in [0.1, 0.15) is 41.0 Å². The largest absolute Gasteiger partial charge is 0.390 e. The summed E-state index contributed by atoms with van der Waals surface area (Å²) in [6, 6.07) is 0. The van der Waals surface area contributed by atoms with Gasteiger partial charge in [-0.05, 0) is 51.6 Å². The lowest BCUT2D eigenvalue weighted by Gasteiger charge is -2.25. The molecule has 0 radical (unpaired) electrons. The smallest absolute Gasteiger partial charge is 0.0791 e. The van der Waals surface area contributed by atoms with Gasteiger partial charge in [-0.1, -0.05) is 34.6 Å². The molecule has 0 spiro atoms. The normalized spacial score (nSPS) is 13.7. The molecule has 0 aromatic heterocycles. The van der Waals surface area contributed by atoms with Crippen LogP contribution in [0.3, 0.4) is 0 Å². The van der Waals surface area contributed by atoms with E-state index in [-0.39, 0.29) is 6.10 Å². The molecule has 4 nitrogen and oxygen atoms in total. The first-order chi connectivity index (χ1) is 9.53. The second-order valence-electron chi connectivity index (χ2n) is 5.98. The van der Waals surface area contributed by atoms with Crippen LogP contribution in [0.4, 0.5) is 0 Å². The molecule has 2 N–H and O–H groups in total. The average molecular weight is 287 g/mol. The lowest BCUT2D eigenvalue weighted by molar-refractivity contribution is 0.110. The zero-order valence-corrected chi connectivity index (χ0v) is 14.4. The number of hydrogen-bond acceptors (Lipinski definition) is 4. The molecule has 20 heavy (non-hydrogen) atoms.